The van der Waals surface area contributed by atoms with Gasteiger partial charge in [-0.1, -0.05) is 13.8 Å². The molecule has 0 saturated carbocycles. The molecular weight excluding hydrogens is 159 g/mol. The maximum atomic E-state index is 13.5. The molecule has 0 aromatic carbocycles. The SMILES string of the molecule is CC(C)OC(=O)C(C)(F)C(C)C. The van der Waals surface area contributed by atoms with Gasteiger partial charge in [0.2, 0.25) is 5.67 Å². The normalized spacial score (nSPS) is 16.3. The summed E-state index contributed by atoms with van der Waals surface area (Å²) in [6.45, 7) is 7.97. The van der Waals surface area contributed by atoms with Crippen LogP contribution in [-0.4, -0.2) is 17.7 Å². The number of rotatable bonds is 3. The van der Waals surface area contributed by atoms with E-state index in [1.165, 1.54) is 6.92 Å². The standard InChI is InChI=1S/C9H17FO2/c1-6(2)9(5,10)8(11)12-7(3)4/h6-7H,1-5H3. The summed E-state index contributed by atoms with van der Waals surface area (Å²) < 4.78 is 18.3. The Labute approximate surface area is 73.1 Å². The van der Waals surface area contributed by atoms with E-state index in [4.69, 9.17) is 4.74 Å². The van der Waals surface area contributed by atoms with Crippen molar-refractivity contribution in [1.82, 2.24) is 0 Å². The minimum atomic E-state index is -1.87. The molecule has 0 N–H and O–H groups in total. The van der Waals surface area contributed by atoms with E-state index in [0.29, 0.717) is 0 Å². The first kappa shape index (κ1) is 11.4. The van der Waals surface area contributed by atoms with E-state index in [1.807, 2.05) is 0 Å². The molecule has 0 saturated heterocycles. The number of carbonyl (C=O) groups is 1. The zero-order valence-corrected chi connectivity index (χ0v) is 8.35. The summed E-state index contributed by atoms with van der Waals surface area (Å²) in [7, 11) is 0. The van der Waals surface area contributed by atoms with Gasteiger partial charge < -0.3 is 4.74 Å². The number of carbonyl (C=O) groups excluding carboxylic acids is 1. The van der Waals surface area contributed by atoms with Gasteiger partial charge in [-0.15, -0.1) is 0 Å². The molecule has 0 heterocycles. The highest BCUT2D eigenvalue weighted by Crippen LogP contribution is 2.23. The first-order valence-electron chi connectivity index (χ1n) is 4.18. The fraction of sp³-hybridized carbons (Fsp3) is 0.889. The molecule has 3 heteroatoms. The molecule has 0 aromatic rings. The van der Waals surface area contributed by atoms with Crippen LogP contribution in [0.5, 0.6) is 0 Å². The summed E-state index contributed by atoms with van der Waals surface area (Å²) in [6, 6.07) is 0. The van der Waals surface area contributed by atoms with E-state index < -0.39 is 11.6 Å². The third-order valence-electron chi connectivity index (χ3n) is 1.83. The van der Waals surface area contributed by atoms with Gasteiger partial charge in [0.15, 0.2) is 0 Å². The quantitative estimate of drug-likeness (QED) is 0.617. The Kier molecular flexibility index (Phi) is 3.68. The first-order chi connectivity index (χ1) is 5.28. The van der Waals surface area contributed by atoms with E-state index in [9.17, 15) is 9.18 Å². The van der Waals surface area contributed by atoms with Crippen LogP contribution in [-0.2, 0) is 9.53 Å². The van der Waals surface area contributed by atoms with E-state index in [-0.39, 0.29) is 12.0 Å². The third kappa shape index (κ3) is 2.80. The number of alkyl halides is 1. The van der Waals surface area contributed by atoms with Crippen molar-refractivity contribution in [2.75, 3.05) is 0 Å². The molecule has 0 radical (unpaired) electrons. The first-order valence-corrected chi connectivity index (χ1v) is 4.18. The number of esters is 1. The molecule has 0 spiro atoms. The summed E-state index contributed by atoms with van der Waals surface area (Å²) in [5.41, 5.74) is -1.87. The molecule has 1 atom stereocenters. The van der Waals surface area contributed by atoms with Crippen LogP contribution in [0.1, 0.15) is 34.6 Å². The summed E-state index contributed by atoms with van der Waals surface area (Å²) >= 11 is 0. The predicted octanol–water partition coefficient (Wildman–Crippen LogP) is 2.32. The molecule has 0 bridgehead atoms. The van der Waals surface area contributed by atoms with Crippen LogP contribution < -0.4 is 0 Å². The second-order valence-corrected chi connectivity index (χ2v) is 3.68. The van der Waals surface area contributed by atoms with Gasteiger partial charge in [-0.05, 0) is 26.7 Å². The molecule has 2 nitrogen and oxygen atoms in total. The van der Waals surface area contributed by atoms with Crippen LogP contribution in [0.25, 0.3) is 0 Å². The topological polar surface area (TPSA) is 26.3 Å². The highest BCUT2D eigenvalue weighted by Gasteiger charge is 2.38. The average molecular weight is 176 g/mol. The molecule has 0 rings (SSSR count). The molecule has 0 aliphatic heterocycles. The number of hydrogen-bond acceptors (Lipinski definition) is 2. The smallest absolute Gasteiger partial charge is 0.344 e. The van der Waals surface area contributed by atoms with Crippen LogP contribution in [0.4, 0.5) is 4.39 Å². The van der Waals surface area contributed by atoms with Gasteiger partial charge in [0.05, 0.1) is 6.10 Å². The Morgan fingerprint density at radius 3 is 2.00 bits per heavy atom. The van der Waals surface area contributed by atoms with Gasteiger partial charge in [-0.2, -0.15) is 0 Å². The number of hydrogen-bond donors (Lipinski definition) is 0. The summed E-state index contributed by atoms with van der Waals surface area (Å²) in [5, 5.41) is 0. The van der Waals surface area contributed by atoms with E-state index in [1.54, 1.807) is 27.7 Å². The Balaban J connectivity index is 4.26. The third-order valence-corrected chi connectivity index (χ3v) is 1.83. The lowest BCUT2D eigenvalue weighted by Gasteiger charge is -2.23. The van der Waals surface area contributed by atoms with E-state index in [0.717, 1.165) is 0 Å². The van der Waals surface area contributed by atoms with Crippen molar-refractivity contribution in [3.05, 3.63) is 0 Å². The lowest BCUT2D eigenvalue weighted by atomic mass is 9.95. The fourth-order valence-corrected chi connectivity index (χ4v) is 0.565. The maximum Gasteiger partial charge on any atom is 0.344 e. The Bertz CT molecular complexity index is 162. The van der Waals surface area contributed by atoms with Crippen molar-refractivity contribution < 1.29 is 13.9 Å². The molecule has 0 amide bonds. The van der Waals surface area contributed by atoms with Crippen molar-refractivity contribution in [3.63, 3.8) is 0 Å². The largest absolute Gasteiger partial charge is 0.461 e. The minimum absolute atomic E-state index is 0.258. The number of ether oxygens (including phenoxy) is 1. The Morgan fingerprint density at radius 1 is 1.33 bits per heavy atom. The summed E-state index contributed by atoms with van der Waals surface area (Å²) in [5.74, 6) is -1.13. The summed E-state index contributed by atoms with van der Waals surface area (Å²) in [6.07, 6.45) is -0.258. The summed E-state index contributed by atoms with van der Waals surface area (Å²) in [4.78, 5) is 11.1. The fourth-order valence-electron chi connectivity index (χ4n) is 0.565. The van der Waals surface area contributed by atoms with Crippen molar-refractivity contribution in [2.24, 2.45) is 5.92 Å². The molecule has 72 valence electrons. The van der Waals surface area contributed by atoms with Crippen molar-refractivity contribution in [3.8, 4) is 0 Å². The molecule has 1 unspecified atom stereocenters. The lowest BCUT2D eigenvalue weighted by molar-refractivity contribution is -0.163. The maximum absolute atomic E-state index is 13.5. The highest BCUT2D eigenvalue weighted by atomic mass is 19.1. The molecule has 12 heavy (non-hydrogen) atoms. The zero-order valence-electron chi connectivity index (χ0n) is 8.35. The second kappa shape index (κ2) is 3.87. The van der Waals surface area contributed by atoms with Gasteiger partial charge in [0.25, 0.3) is 0 Å². The molecule has 0 aromatic heterocycles. The van der Waals surface area contributed by atoms with Crippen LogP contribution in [0.2, 0.25) is 0 Å². The Morgan fingerprint density at radius 2 is 1.75 bits per heavy atom. The van der Waals surface area contributed by atoms with Crippen LogP contribution in [0.15, 0.2) is 0 Å². The van der Waals surface area contributed by atoms with Crippen LogP contribution in [0.3, 0.4) is 0 Å². The Hall–Kier alpha value is -0.600. The van der Waals surface area contributed by atoms with Gasteiger partial charge in [0, 0.05) is 0 Å². The lowest BCUT2D eigenvalue weighted by Crippen LogP contribution is -2.38. The minimum Gasteiger partial charge on any atom is -0.461 e. The number of halogens is 1. The van der Waals surface area contributed by atoms with Gasteiger partial charge >= 0.3 is 5.97 Å². The van der Waals surface area contributed by atoms with Crippen LogP contribution in [0, 0.1) is 5.92 Å². The van der Waals surface area contributed by atoms with Crippen molar-refractivity contribution >= 4 is 5.97 Å². The monoisotopic (exact) mass is 176 g/mol. The molecular formula is C9H17FO2. The molecule has 0 aliphatic carbocycles. The van der Waals surface area contributed by atoms with Crippen molar-refractivity contribution in [2.45, 2.75) is 46.4 Å². The average Bonchev–Trinajstić information content (AvgIpc) is 1.85. The zero-order chi connectivity index (χ0) is 9.94. The van der Waals surface area contributed by atoms with Crippen LogP contribution >= 0.6 is 0 Å². The second-order valence-electron chi connectivity index (χ2n) is 3.68. The predicted molar refractivity (Wildman–Crippen MR) is 45.6 cm³/mol. The molecule has 0 aliphatic rings. The van der Waals surface area contributed by atoms with Gasteiger partial charge in [-0.3, -0.25) is 0 Å². The van der Waals surface area contributed by atoms with Gasteiger partial charge in [-0.25, -0.2) is 9.18 Å². The van der Waals surface area contributed by atoms with Gasteiger partial charge in [0.1, 0.15) is 0 Å². The van der Waals surface area contributed by atoms with E-state index >= 15 is 0 Å². The van der Waals surface area contributed by atoms with Crippen molar-refractivity contribution in [1.29, 1.82) is 0 Å². The highest BCUT2D eigenvalue weighted by molar-refractivity contribution is 5.79. The van der Waals surface area contributed by atoms with E-state index in [2.05, 4.69) is 0 Å². The molecule has 0 fully saturated rings.